The van der Waals surface area contributed by atoms with Crippen LogP contribution in [0, 0.1) is 5.92 Å². The predicted octanol–water partition coefficient (Wildman–Crippen LogP) is 5.28. The molecule has 0 amide bonds. The molecule has 2 atom stereocenters. The third kappa shape index (κ3) is 7.31. The van der Waals surface area contributed by atoms with Crippen LogP contribution in [0.3, 0.4) is 0 Å². The summed E-state index contributed by atoms with van der Waals surface area (Å²) in [4.78, 5) is 18.0. The van der Waals surface area contributed by atoms with E-state index in [1.54, 1.807) is 43.5 Å². The maximum atomic E-state index is 13.4. The average Bonchev–Trinajstić information content (AvgIpc) is 3.49. The zero-order chi connectivity index (χ0) is 25.6. The first-order valence-corrected chi connectivity index (χ1v) is 16.3. The van der Waals surface area contributed by atoms with E-state index in [9.17, 15) is 22.9 Å². The summed E-state index contributed by atoms with van der Waals surface area (Å²) in [5, 5.41) is 12.7. The Kier molecular flexibility index (Phi) is 9.82. The molecule has 0 spiro atoms. The van der Waals surface area contributed by atoms with Gasteiger partial charge in [0.2, 0.25) is 0 Å². The summed E-state index contributed by atoms with van der Waals surface area (Å²) < 4.78 is 47.0. The minimum atomic E-state index is -3.79. The molecule has 1 aromatic carbocycles. The quantitative estimate of drug-likeness (QED) is 0.339. The number of aliphatic hydroxyl groups excluding tert-OH is 1. The van der Waals surface area contributed by atoms with Crippen LogP contribution in [-0.4, -0.2) is 43.8 Å². The zero-order valence-corrected chi connectivity index (χ0v) is 22.9. The number of benzene rings is 1. The van der Waals surface area contributed by atoms with Gasteiger partial charge in [0.05, 0.1) is 30.2 Å². The number of nitrogens with zero attached hydrogens (tertiary/aromatic N) is 1. The Labute approximate surface area is 211 Å². The molecule has 11 heteroatoms. The summed E-state index contributed by atoms with van der Waals surface area (Å²) in [5.74, 6) is -1.46. The minimum absolute atomic E-state index is 0.0165. The van der Waals surface area contributed by atoms with Crippen molar-refractivity contribution in [3.8, 4) is 0 Å². The molecule has 1 N–H and O–H groups in total. The highest BCUT2D eigenvalue weighted by Crippen LogP contribution is 2.59. The highest BCUT2D eigenvalue weighted by atomic mass is 32.2. The van der Waals surface area contributed by atoms with Crippen LogP contribution in [0.2, 0.25) is 0 Å². The second-order valence-corrected chi connectivity index (χ2v) is 13.9. The number of carbonyl (C=O) groups excluding carboxylic acids is 1. The summed E-state index contributed by atoms with van der Waals surface area (Å²) in [5.41, 5.74) is 0.955. The van der Waals surface area contributed by atoms with Crippen molar-refractivity contribution in [1.29, 1.82) is 0 Å². The molecule has 0 saturated heterocycles. The van der Waals surface area contributed by atoms with Crippen molar-refractivity contribution in [1.82, 2.24) is 4.98 Å². The topological polar surface area (TPSA) is 120 Å². The van der Waals surface area contributed by atoms with Gasteiger partial charge < -0.3 is 14.2 Å². The summed E-state index contributed by atoms with van der Waals surface area (Å²) in [7, 11) is -7.12. The summed E-state index contributed by atoms with van der Waals surface area (Å²) in [6, 6.07) is 6.56. The Morgan fingerprint density at radius 1 is 1.17 bits per heavy atom. The molecule has 2 aromatic rings. The van der Waals surface area contributed by atoms with Gasteiger partial charge in [0, 0.05) is 17.6 Å². The first-order valence-electron chi connectivity index (χ1n) is 11.9. The van der Waals surface area contributed by atoms with E-state index in [4.69, 9.17) is 9.05 Å². The lowest BCUT2D eigenvalue weighted by Crippen LogP contribution is -2.18. The largest absolute Gasteiger partial charge is 0.375 e. The molecular weight excluding hydrogens is 509 g/mol. The second-order valence-electron chi connectivity index (χ2n) is 8.84. The number of hydrogen-bond acceptors (Lipinski definition) is 9. The fraction of sp³-hybridized carbons (Fsp3) is 0.583. The Balaban J connectivity index is 1.80. The smallest absolute Gasteiger partial charge is 0.365 e. The first-order chi connectivity index (χ1) is 16.6. The molecular formula is C24H34NO7PS2. The monoisotopic (exact) mass is 543 g/mol. The van der Waals surface area contributed by atoms with Crippen LogP contribution in [0.15, 0.2) is 34.5 Å². The van der Waals surface area contributed by atoms with Gasteiger partial charge in [-0.25, -0.2) is 13.4 Å². The SMILES string of the molecule is CCOP(=O)(OCC)C(O)c1csc(CC(=O)[C@H](CC2CCCC2)c2ccc(S(C)(=O)=O)cc2)n1. The molecule has 35 heavy (non-hydrogen) atoms. The maximum absolute atomic E-state index is 13.4. The number of hydrogen-bond donors (Lipinski definition) is 1. The first kappa shape index (κ1) is 28.2. The van der Waals surface area contributed by atoms with Crippen LogP contribution in [0.25, 0.3) is 0 Å². The molecule has 1 aromatic heterocycles. The molecule has 194 valence electrons. The third-order valence-corrected chi connectivity index (χ3v) is 10.3. The molecule has 0 aliphatic heterocycles. The van der Waals surface area contributed by atoms with Crippen molar-refractivity contribution in [2.24, 2.45) is 5.92 Å². The highest BCUT2D eigenvalue weighted by Gasteiger charge is 2.37. The predicted molar refractivity (Wildman–Crippen MR) is 136 cm³/mol. The van der Waals surface area contributed by atoms with E-state index < -0.39 is 23.3 Å². The lowest BCUT2D eigenvalue weighted by molar-refractivity contribution is -0.120. The van der Waals surface area contributed by atoms with Gasteiger partial charge in [0.15, 0.2) is 15.7 Å². The van der Waals surface area contributed by atoms with Gasteiger partial charge >= 0.3 is 7.60 Å². The molecule has 1 aliphatic rings. The van der Waals surface area contributed by atoms with Crippen LogP contribution in [0.4, 0.5) is 0 Å². The number of carbonyl (C=O) groups is 1. The lowest BCUT2D eigenvalue weighted by atomic mass is 9.84. The van der Waals surface area contributed by atoms with E-state index in [2.05, 4.69) is 4.98 Å². The number of ketones is 1. The number of Topliss-reactive ketones (excluding diaryl/α,β-unsaturated/α-hetero) is 1. The fourth-order valence-corrected chi connectivity index (χ4v) is 7.56. The molecule has 0 radical (unpaired) electrons. The Hall–Kier alpha value is -1.42. The summed E-state index contributed by atoms with van der Waals surface area (Å²) in [6.45, 7) is 3.56. The van der Waals surface area contributed by atoms with E-state index in [1.165, 1.54) is 11.3 Å². The van der Waals surface area contributed by atoms with E-state index >= 15 is 0 Å². The van der Waals surface area contributed by atoms with Crippen molar-refractivity contribution in [3.63, 3.8) is 0 Å². The Morgan fingerprint density at radius 2 is 1.77 bits per heavy atom. The summed E-state index contributed by atoms with van der Waals surface area (Å²) >= 11 is 1.22. The fourth-order valence-electron chi connectivity index (χ4n) is 4.48. The Bertz CT molecular complexity index is 1130. The maximum Gasteiger partial charge on any atom is 0.365 e. The van der Waals surface area contributed by atoms with Crippen molar-refractivity contribution in [2.45, 2.75) is 69.0 Å². The van der Waals surface area contributed by atoms with Crippen LogP contribution in [0.1, 0.15) is 74.0 Å². The number of aliphatic hydroxyl groups is 1. The van der Waals surface area contributed by atoms with Crippen LogP contribution < -0.4 is 0 Å². The van der Waals surface area contributed by atoms with Crippen molar-refractivity contribution in [3.05, 3.63) is 45.9 Å². The molecule has 8 nitrogen and oxygen atoms in total. The third-order valence-electron chi connectivity index (χ3n) is 6.22. The second kappa shape index (κ2) is 12.2. The van der Waals surface area contributed by atoms with Crippen molar-refractivity contribution < 1.29 is 31.9 Å². The van der Waals surface area contributed by atoms with Crippen LogP contribution in [-0.2, 0) is 34.7 Å². The van der Waals surface area contributed by atoms with Gasteiger partial charge in [-0.1, -0.05) is 37.8 Å². The molecule has 1 saturated carbocycles. The van der Waals surface area contributed by atoms with Gasteiger partial charge in [-0.15, -0.1) is 11.3 Å². The van der Waals surface area contributed by atoms with Gasteiger partial charge in [-0.2, -0.15) is 0 Å². The van der Waals surface area contributed by atoms with Gasteiger partial charge in [0.25, 0.3) is 0 Å². The van der Waals surface area contributed by atoms with Crippen molar-refractivity contribution in [2.75, 3.05) is 19.5 Å². The Morgan fingerprint density at radius 3 is 2.31 bits per heavy atom. The minimum Gasteiger partial charge on any atom is -0.375 e. The van der Waals surface area contributed by atoms with Gasteiger partial charge in [-0.3, -0.25) is 9.36 Å². The molecule has 1 unspecified atom stereocenters. The van der Waals surface area contributed by atoms with E-state index in [0.29, 0.717) is 17.3 Å². The van der Waals surface area contributed by atoms with Crippen molar-refractivity contribution >= 4 is 34.6 Å². The standard InChI is InChI=1S/C24H34NO7PS2/c1-4-31-33(28,32-5-2)24(27)21-16-34-23(25-21)15-22(26)20(14-17-8-6-7-9-17)18-10-12-19(13-11-18)35(3,29)30/h10-13,16-17,20,24,27H,4-9,14-15H2,1-3H3/t20-,24?/m1/s1. The van der Waals surface area contributed by atoms with E-state index in [-0.39, 0.29) is 41.9 Å². The van der Waals surface area contributed by atoms with Gasteiger partial charge in [-0.05, 0) is 43.9 Å². The van der Waals surface area contributed by atoms with Crippen LogP contribution >= 0.6 is 18.9 Å². The van der Waals surface area contributed by atoms with Crippen LogP contribution in [0.5, 0.6) is 0 Å². The molecule has 1 aliphatic carbocycles. The van der Waals surface area contributed by atoms with Gasteiger partial charge in [0.1, 0.15) is 10.8 Å². The molecule has 3 rings (SSSR count). The number of thiazole rings is 1. The number of aromatic nitrogens is 1. The molecule has 1 fully saturated rings. The highest BCUT2D eigenvalue weighted by molar-refractivity contribution is 7.90. The molecule has 1 heterocycles. The normalized spacial score (nSPS) is 16.9. The van der Waals surface area contributed by atoms with E-state index in [1.807, 2.05) is 0 Å². The van der Waals surface area contributed by atoms with E-state index in [0.717, 1.165) is 37.5 Å². The summed E-state index contributed by atoms with van der Waals surface area (Å²) in [6.07, 6.45) is 6.43. The number of rotatable bonds is 13. The lowest BCUT2D eigenvalue weighted by Gasteiger charge is -2.21. The molecule has 0 bridgehead atoms. The number of sulfone groups is 1. The zero-order valence-electron chi connectivity index (χ0n) is 20.4. The average molecular weight is 544 g/mol.